The van der Waals surface area contributed by atoms with Crippen molar-refractivity contribution in [3.63, 3.8) is 0 Å². The standard InChI is InChI=1S/C15H13N3O/c19-15(14-10-16-7-8-18-14)9-11-5-6-17-13-4-2-1-3-12(11)13/h1-8,10,15,19H,9H2. The molecule has 1 N–H and O–H groups in total. The molecule has 19 heavy (non-hydrogen) atoms. The summed E-state index contributed by atoms with van der Waals surface area (Å²) in [6.07, 6.45) is 6.39. The van der Waals surface area contributed by atoms with Gasteiger partial charge in [0.1, 0.15) is 6.10 Å². The van der Waals surface area contributed by atoms with Gasteiger partial charge in [0.05, 0.1) is 17.4 Å². The van der Waals surface area contributed by atoms with Crippen molar-refractivity contribution in [1.29, 1.82) is 0 Å². The minimum absolute atomic E-state index is 0.502. The maximum Gasteiger partial charge on any atom is 0.102 e. The summed E-state index contributed by atoms with van der Waals surface area (Å²) in [6.45, 7) is 0. The minimum Gasteiger partial charge on any atom is -0.386 e. The molecule has 0 aliphatic rings. The van der Waals surface area contributed by atoms with E-state index >= 15 is 0 Å². The number of hydrogen-bond acceptors (Lipinski definition) is 4. The van der Waals surface area contributed by atoms with Crippen LogP contribution >= 0.6 is 0 Å². The molecule has 4 heteroatoms. The number of aromatic nitrogens is 3. The predicted molar refractivity (Wildman–Crippen MR) is 72.4 cm³/mol. The van der Waals surface area contributed by atoms with Crippen molar-refractivity contribution in [2.24, 2.45) is 0 Å². The van der Waals surface area contributed by atoms with Gasteiger partial charge in [-0.15, -0.1) is 0 Å². The van der Waals surface area contributed by atoms with Crippen LogP contribution in [0.25, 0.3) is 10.9 Å². The molecule has 0 spiro atoms. The minimum atomic E-state index is -0.653. The number of rotatable bonds is 3. The molecule has 0 radical (unpaired) electrons. The summed E-state index contributed by atoms with van der Waals surface area (Å²) in [7, 11) is 0. The smallest absolute Gasteiger partial charge is 0.102 e. The monoisotopic (exact) mass is 251 g/mol. The van der Waals surface area contributed by atoms with Crippen LogP contribution in [0, 0.1) is 0 Å². The van der Waals surface area contributed by atoms with E-state index in [0.717, 1.165) is 16.5 Å². The van der Waals surface area contributed by atoms with Crippen molar-refractivity contribution < 1.29 is 5.11 Å². The molecule has 0 saturated heterocycles. The van der Waals surface area contributed by atoms with Gasteiger partial charge in [-0.2, -0.15) is 0 Å². The average molecular weight is 251 g/mol. The summed E-state index contributed by atoms with van der Waals surface area (Å²) in [4.78, 5) is 12.4. The van der Waals surface area contributed by atoms with Crippen LogP contribution in [0.2, 0.25) is 0 Å². The molecule has 1 aromatic carbocycles. The Morgan fingerprint density at radius 3 is 2.74 bits per heavy atom. The van der Waals surface area contributed by atoms with Gasteiger partial charge in [-0.25, -0.2) is 0 Å². The number of fused-ring (bicyclic) bond motifs is 1. The molecule has 2 heterocycles. The zero-order valence-corrected chi connectivity index (χ0v) is 10.3. The second-order valence-corrected chi connectivity index (χ2v) is 4.34. The van der Waals surface area contributed by atoms with E-state index in [1.807, 2.05) is 30.3 Å². The molecule has 3 aromatic rings. The number of para-hydroxylation sites is 1. The van der Waals surface area contributed by atoms with Crippen LogP contribution in [0.4, 0.5) is 0 Å². The Morgan fingerprint density at radius 1 is 1.00 bits per heavy atom. The third-order valence-electron chi connectivity index (χ3n) is 3.08. The van der Waals surface area contributed by atoms with Crippen LogP contribution in [0.3, 0.4) is 0 Å². The Balaban J connectivity index is 1.94. The molecule has 94 valence electrons. The topological polar surface area (TPSA) is 58.9 Å². The predicted octanol–water partition coefficient (Wildman–Crippen LogP) is 2.30. The third kappa shape index (κ3) is 2.44. The van der Waals surface area contributed by atoms with Crippen LogP contribution in [0.5, 0.6) is 0 Å². The molecule has 4 nitrogen and oxygen atoms in total. The summed E-state index contributed by atoms with van der Waals surface area (Å²) in [5.41, 5.74) is 2.58. The Hall–Kier alpha value is -2.33. The summed E-state index contributed by atoms with van der Waals surface area (Å²) in [5.74, 6) is 0. The Morgan fingerprint density at radius 2 is 1.89 bits per heavy atom. The van der Waals surface area contributed by atoms with E-state index in [0.29, 0.717) is 12.1 Å². The first-order chi connectivity index (χ1) is 9.34. The van der Waals surface area contributed by atoms with Gasteiger partial charge in [-0.3, -0.25) is 15.0 Å². The molecule has 0 fully saturated rings. The molecule has 1 atom stereocenters. The lowest BCUT2D eigenvalue weighted by Gasteiger charge is -2.11. The van der Waals surface area contributed by atoms with E-state index in [9.17, 15) is 5.11 Å². The van der Waals surface area contributed by atoms with E-state index in [1.54, 1.807) is 24.8 Å². The van der Waals surface area contributed by atoms with Crippen molar-refractivity contribution in [3.05, 3.63) is 66.4 Å². The summed E-state index contributed by atoms with van der Waals surface area (Å²) >= 11 is 0. The first kappa shape index (κ1) is 11.7. The molecular formula is C15H13N3O. The van der Waals surface area contributed by atoms with Gasteiger partial charge in [-0.05, 0) is 17.7 Å². The molecule has 0 aliphatic carbocycles. The Kier molecular flexibility index (Phi) is 3.16. The van der Waals surface area contributed by atoms with Gasteiger partial charge >= 0.3 is 0 Å². The van der Waals surface area contributed by atoms with Crippen LogP contribution in [0.1, 0.15) is 17.4 Å². The lowest BCUT2D eigenvalue weighted by Crippen LogP contribution is -2.05. The highest BCUT2D eigenvalue weighted by atomic mass is 16.3. The lowest BCUT2D eigenvalue weighted by atomic mass is 10.0. The number of hydrogen-bond donors (Lipinski definition) is 1. The number of nitrogens with zero attached hydrogens (tertiary/aromatic N) is 3. The van der Waals surface area contributed by atoms with Crippen LogP contribution < -0.4 is 0 Å². The quantitative estimate of drug-likeness (QED) is 0.776. The van der Waals surface area contributed by atoms with E-state index in [-0.39, 0.29) is 0 Å². The highest BCUT2D eigenvalue weighted by molar-refractivity contribution is 5.81. The van der Waals surface area contributed by atoms with Gasteiger partial charge < -0.3 is 5.11 Å². The van der Waals surface area contributed by atoms with Gasteiger partial charge in [-0.1, -0.05) is 18.2 Å². The number of pyridine rings is 1. The van der Waals surface area contributed by atoms with E-state index in [2.05, 4.69) is 15.0 Å². The third-order valence-corrected chi connectivity index (χ3v) is 3.08. The van der Waals surface area contributed by atoms with Crippen molar-refractivity contribution >= 4 is 10.9 Å². The largest absolute Gasteiger partial charge is 0.386 e. The molecule has 0 aliphatic heterocycles. The first-order valence-electron chi connectivity index (χ1n) is 6.11. The number of benzene rings is 1. The second-order valence-electron chi connectivity index (χ2n) is 4.34. The Labute approximate surface area is 110 Å². The van der Waals surface area contributed by atoms with Gasteiger partial charge in [0.15, 0.2) is 0 Å². The molecule has 0 amide bonds. The second kappa shape index (κ2) is 5.12. The van der Waals surface area contributed by atoms with Crippen molar-refractivity contribution in [2.75, 3.05) is 0 Å². The molecule has 2 aromatic heterocycles. The zero-order chi connectivity index (χ0) is 13.1. The van der Waals surface area contributed by atoms with Crippen LogP contribution in [-0.4, -0.2) is 20.1 Å². The summed E-state index contributed by atoms with van der Waals surface area (Å²) < 4.78 is 0. The normalized spacial score (nSPS) is 12.5. The zero-order valence-electron chi connectivity index (χ0n) is 10.3. The van der Waals surface area contributed by atoms with E-state index in [1.165, 1.54) is 0 Å². The van der Waals surface area contributed by atoms with Crippen LogP contribution in [0.15, 0.2) is 55.1 Å². The molecule has 3 rings (SSSR count). The fourth-order valence-corrected chi connectivity index (χ4v) is 2.13. The van der Waals surface area contributed by atoms with Gasteiger partial charge in [0.2, 0.25) is 0 Å². The average Bonchev–Trinajstić information content (AvgIpc) is 2.48. The van der Waals surface area contributed by atoms with Crippen molar-refractivity contribution in [2.45, 2.75) is 12.5 Å². The Bertz CT molecular complexity index is 680. The fraction of sp³-hybridized carbons (Fsp3) is 0.133. The summed E-state index contributed by atoms with van der Waals surface area (Å²) in [6, 6.07) is 9.84. The molecule has 0 bridgehead atoms. The first-order valence-corrected chi connectivity index (χ1v) is 6.11. The van der Waals surface area contributed by atoms with Crippen molar-refractivity contribution in [3.8, 4) is 0 Å². The summed E-state index contributed by atoms with van der Waals surface area (Å²) in [5, 5.41) is 11.3. The van der Waals surface area contributed by atoms with E-state index < -0.39 is 6.10 Å². The lowest BCUT2D eigenvalue weighted by molar-refractivity contribution is 0.173. The fourth-order valence-electron chi connectivity index (χ4n) is 2.13. The molecule has 1 unspecified atom stereocenters. The molecule has 0 saturated carbocycles. The van der Waals surface area contributed by atoms with Crippen LogP contribution in [-0.2, 0) is 6.42 Å². The van der Waals surface area contributed by atoms with Crippen molar-refractivity contribution in [1.82, 2.24) is 15.0 Å². The maximum absolute atomic E-state index is 10.2. The van der Waals surface area contributed by atoms with E-state index in [4.69, 9.17) is 0 Å². The number of aliphatic hydroxyl groups is 1. The number of aliphatic hydroxyl groups excluding tert-OH is 1. The van der Waals surface area contributed by atoms with Gasteiger partial charge in [0, 0.05) is 30.4 Å². The highest BCUT2D eigenvalue weighted by Gasteiger charge is 2.12. The molecular weight excluding hydrogens is 238 g/mol. The SMILES string of the molecule is OC(Cc1ccnc2ccccc12)c1cnccn1. The van der Waals surface area contributed by atoms with Gasteiger partial charge in [0.25, 0.3) is 0 Å². The highest BCUT2D eigenvalue weighted by Crippen LogP contribution is 2.22. The maximum atomic E-state index is 10.2.